The molecule has 1 N–H and O–H groups in total. The fourth-order valence-electron chi connectivity index (χ4n) is 3.97. The maximum Gasteiger partial charge on any atom is 0.301 e. The third-order valence-corrected chi connectivity index (χ3v) is 8.59. The monoisotopic (exact) mass is 567 g/mol. The molecule has 1 aromatic heterocycles. The fourth-order valence-corrected chi connectivity index (χ4v) is 6.25. The number of carbonyl (C=O) groups excluding carboxylic acids is 2. The molecule has 10 heteroatoms. The third-order valence-electron chi connectivity index (χ3n) is 5.87. The second-order valence-electron chi connectivity index (χ2n) is 8.32. The highest BCUT2D eigenvalue weighted by Gasteiger charge is 2.48. The Morgan fingerprint density at radius 2 is 1.70 bits per heavy atom. The van der Waals surface area contributed by atoms with E-state index in [1.54, 1.807) is 24.3 Å². The molecule has 1 atom stereocenters. The largest absolute Gasteiger partial charge is 0.507 e. The van der Waals surface area contributed by atoms with Crippen molar-refractivity contribution in [3.8, 4) is 0 Å². The number of aromatic nitrogens is 2. The van der Waals surface area contributed by atoms with Crippen molar-refractivity contribution >= 4 is 68.9 Å². The number of ketones is 1. The Balaban J connectivity index is 1.54. The van der Waals surface area contributed by atoms with E-state index in [0.717, 1.165) is 11.1 Å². The number of rotatable bonds is 6. The van der Waals surface area contributed by atoms with Crippen LogP contribution in [0, 0.1) is 6.92 Å². The van der Waals surface area contributed by atoms with E-state index in [9.17, 15) is 14.7 Å². The molecule has 0 aliphatic carbocycles. The van der Waals surface area contributed by atoms with Crippen molar-refractivity contribution in [2.75, 3.05) is 4.90 Å². The molecule has 1 aliphatic rings. The predicted molar refractivity (Wildman–Crippen MR) is 148 cm³/mol. The molecule has 4 aromatic rings. The molecule has 6 nitrogen and oxygen atoms in total. The molecule has 5 rings (SSSR count). The number of anilines is 1. The van der Waals surface area contributed by atoms with E-state index in [0.29, 0.717) is 31.3 Å². The number of aliphatic hydroxyl groups is 1. The Morgan fingerprint density at radius 1 is 1.00 bits per heavy atom. The Hall–Kier alpha value is -3.17. The quantitative estimate of drug-likeness (QED) is 0.0881. The van der Waals surface area contributed by atoms with Gasteiger partial charge in [0.2, 0.25) is 5.13 Å². The molecule has 37 heavy (non-hydrogen) atoms. The smallest absolute Gasteiger partial charge is 0.301 e. The Morgan fingerprint density at radius 3 is 2.41 bits per heavy atom. The Kier molecular flexibility index (Phi) is 7.35. The highest BCUT2D eigenvalue weighted by atomic mass is 35.5. The SMILES string of the molecule is Cc1ccc(C2/C(=C(/O)c3ccc(Cl)cc3)C(=O)C(=O)N2c2nnc(SCc3ccccc3Cl)s2)cc1. The number of thioether (sulfide) groups is 1. The lowest BCUT2D eigenvalue weighted by molar-refractivity contribution is -0.132. The van der Waals surface area contributed by atoms with Crippen LogP contribution in [0.3, 0.4) is 0 Å². The van der Waals surface area contributed by atoms with E-state index in [4.69, 9.17) is 23.2 Å². The van der Waals surface area contributed by atoms with Gasteiger partial charge in [0.15, 0.2) is 4.34 Å². The normalized spacial score (nSPS) is 16.9. The van der Waals surface area contributed by atoms with Crippen molar-refractivity contribution in [3.05, 3.63) is 111 Å². The van der Waals surface area contributed by atoms with Gasteiger partial charge in [0.05, 0.1) is 11.6 Å². The number of hydrogen-bond donors (Lipinski definition) is 1. The predicted octanol–water partition coefficient (Wildman–Crippen LogP) is 7.07. The Bertz CT molecular complexity index is 1520. The van der Waals surface area contributed by atoms with Crippen molar-refractivity contribution in [2.45, 2.75) is 23.1 Å². The van der Waals surface area contributed by atoms with E-state index in [2.05, 4.69) is 10.2 Å². The summed E-state index contributed by atoms with van der Waals surface area (Å²) >= 11 is 14.9. The molecule has 186 valence electrons. The zero-order valence-corrected chi connectivity index (χ0v) is 22.5. The van der Waals surface area contributed by atoms with E-state index in [-0.39, 0.29) is 16.5 Å². The number of amides is 1. The minimum absolute atomic E-state index is 0.0170. The van der Waals surface area contributed by atoms with Crippen LogP contribution in [-0.2, 0) is 15.3 Å². The van der Waals surface area contributed by atoms with Crippen LogP contribution >= 0.6 is 46.3 Å². The second kappa shape index (κ2) is 10.7. The fraction of sp³-hybridized carbons (Fsp3) is 0.111. The van der Waals surface area contributed by atoms with Gasteiger partial charge in [-0.2, -0.15) is 0 Å². The van der Waals surface area contributed by atoms with Crippen LogP contribution in [0.1, 0.15) is 28.3 Å². The minimum atomic E-state index is -0.870. The summed E-state index contributed by atoms with van der Waals surface area (Å²) in [6.07, 6.45) is 0. The minimum Gasteiger partial charge on any atom is -0.507 e. The molecule has 1 saturated heterocycles. The highest BCUT2D eigenvalue weighted by Crippen LogP contribution is 2.44. The van der Waals surface area contributed by atoms with Gasteiger partial charge in [0.1, 0.15) is 5.76 Å². The number of benzene rings is 3. The standard InChI is InChI=1S/C27H19Cl2N3O3S2/c1-15-6-8-16(9-7-15)22-21(23(33)17-10-12-19(28)13-11-17)24(34)25(35)32(22)26-30-31-27(37-26)36-14-18-4-2-3-5-20(18)29/h2-13,22,33H,14H2,1H3/b23-21-. The summed E-state index contributed by atoms with van der Waals surface area (Å²) in [6.45, 7) is 1.95. The topological polar surface area (TPSA) is 83.4 Å². The number of halogens is 2. The number of nitrogens with zero attached hydrogens (tertiary/aromatic N) is 3. The molecular weight excluding hydrogens is 549 g/mol. The average molecular weight is 569 g/mol. The van der Waals surface area contributed by atoms with Crippen LogP contribution in [0.2, 0.25) is 10.0 Å². The van der Waals surface area contributed by atoms with Gasteiger partial charge in [0, 0.05) is 21.4 Å². The lowest BCUT2D eigenvalue weighted by Crippen LogP contribution is -2.29. The summed E-state index contributed by atoms with van der Waals surface area (Å²) in [5.74, 6) is -1.27. The van der Waals surface area contributed by atoms with Gasteiger partial charge < -0.3 is 5.11 Å². The van der Waals surface area contributed by atoms with Crippen LogP contribution in [0.25, 0.3) is 5.76 Å². The van der Waals surface area contributed by atoms with Crippen LogP contribution in [0.4, 0.5) is 5.13 Å². The van der Waals surface area contributed by atoms with Crippen molar-refractivity contribution in [1.82, 2.24) is 10.2 Å². The molecule has 1 amide bonds. The molecule has 1 fully saturated rings. The zero-order chi connectivity index (χ0) is 26.1. The summed E-state index contributed by atoms with van der Waals surface area (Å²) < 4.78 is 0.622. The summed E-state index contributed by atoms with van der Waals surface area (Å²) in [6, 6.07) is 20.6. The number of carbonyl (C=O) groups is 2. The van der Waals surface area contributed by atoms with Crippen LogP contribution < -0.4 is 4.90 Å². The molecule has 0 bridgehead atoms. The number of hydrogen-bond acceptors (Lipinski definition) is 7. The zero-order valence-electron chi connectivity index (χ0n) is 19.4. The summed E-state index contributed by atoms with van der Waals surface area (Å²) in [4.78, 5) is 27.9. The van der Waals surface area contributed by atoms with Gasteiger partial charge in [-0.15, -0.1) is 10.2 Å². The lowest BCUT2D eigenvalue weighted by atomic mass is 9.95. The van der Waals surface area contributed by atoms with Crippen molar-refractivity contribution in [3.63, 3.8) is 0 Å². The van der Waals surface area contributed by atoms with E-state index in [1.165, 1.54) is 28.0 Å². The molecule has 3 aromatic carbocycles. The first-order valence-corrected chi connectivity index (χ1v) is 13.7. The van der Waals surface area contributed by atoms with Crippen LogP contribution in [-0.4, -0.2) is 27.0 Å². The molecule has 1 unspecified atom stereocenters. The van der Waals surface area contributed by atoms with E-state index < -0.39 is 17.7 Å². The lowest BCUT2D eigenvalue weighted by Gasteiger charge is -2.22. The average Bonchev–Trinajstić information content (AvgIpc) is 3.46. The second-order valence-corrected chi connectivity index (χ2v) is 11.3. The first kappa shape index (κ1) is 25.5. The number of aryl methyl sites for hydroxylation is 1. The number of aliphatic hydroxyl groups excluding tert-OH is 1. The maximum absolute atomic E-state index is 13.3. The molecule has 1 aliphatic heterocycles. The van der Waals surface area contributed by atoms with Crippen LogP contribution in [0.5, 0.6) is 0 Å². The van der Waals surface area contributed by atoms with Gasteiger partial charge in [0.25, 0.3) is 5.78 Å². The van der Waals surface area contributed by atoms with E-state index in [1.807, 2.05) is 55.5 Å². The summed E-state index contributed by atoms with van der Waals surface area (Å²) in [5.41, 5.74) is 3.01. The summed E-state index contributed by atoms with van der Waals surface area (Å²) in [7, 11) is 0. The molecular formula is C27H19Cl2N3O3S2. The first-order chi connectivity index (χ1) is 17.8. The van der Waals surface area contributed by atoms with Gasteiger partial charge in [-0.3, -0.25) is 14.5 Å². The van der Waals surface area contributed by atoms with Gasteiger partial charge in [-0.25, -0.2) is 0 Å². The first-order valence-electron chi connectivity index (χ1n) is 11.2. The molecule has 0 spiro atoms. The highest BCUT2D eigenvalue weighted by molar-refractivity contribution is 8.00. The summed E-state index contributed by atoms with van der Waals surface area (Å²) in [5, 5.41) is 21.1. The molecule has 0 radical (unpaired) electrons. The van der Waals surface area contributed by atoms with E-state index >= 15 is 0 Å². The molecule has 2 heterocycles. The van der Waals surface area contributed by atoms with Gasteiger partial charge in [-0.05, 0) is 48.4 Å². The van der Waals surface area contributed by atoms with Gasteiger partial charge in [-0.1, -0.05) is 94.3 Å². The van der Waals surface area contributed by atoms with Gasteiger partial charge >= 0.3 is 5.91 Å². The molecule has 0 saturated carbocycles. The maximum atomic E-state index is 13.3. The van der Waals surface area contributed by atoms with Crippen LogP contribution in [0.15, 0.2) is 82.7 Å². The van der Waals surface area contributed by atoms with Crippen molar-refractivity contribution < 1.29 is 14.7 Å². The number of Topliss-reactive ketones (excluding diaryl/α,β-unsaturated/α-hetero) is 1. The Labute approximate surface area is 231 Å². The van der Waals surface area contributed by atoms with Crippen molar-refractivity contribution in [2.24, 2.45) is 0 Å². The third kappa shape index (κ3) is 5.15. The van der Waals surface area contributed by atoms with Crippen molar-refractivity contribution in [1.29, 1.82) is 0 Å².